The molecular formula is C22H23N3O4. The number of likely N-dealkylation sites (tertiary alicyclic amines) is 1. The molecule has 0 bridgehead atoms. The molecule has 0 spiro atoms. The number of benzene rings is 2. The van der Waals surface area contributed by atoms with Gasteiger partial charge >= 0.3 is 0 Å². The van der Waals surface area contributed by atoms with Crippen LogP contribution in [0.4, 0.5) is 0 Å². The summed E-state index contributed by atoms with van der Waals surface area (Å²) in [6.07, 6.45) is 2.06. The molecule has 1 aliphatic heterocycles. The lowest BCUT2D eigenvalue weighted by molar-refractivity contribution is -0.127. The maximum atomic E-state index is 12.4. The first-order valence-electron chi connectivity index (χ1n) is 9.71. The predicted molar refractivity (Wildman–Crippen MR) is 108 cm³/mol. The van der Waals surface area contributed by atoms with Crippen molar-refractivity contribution in [1.29, 1.82) is 0 Å². The Labute approximate surface area is 168 Å². The SMILES string of the molecule is COc1ccc(Cc2nc3ccc(C(=O)NCCN4CCCC4=O)cc3o2)cc1. The molecule has 29 heavy (non-hydrogen) atoms. The van der Waals surface area contributed by atoms with E-state index < -0.39 is 0 Å². The van der Waals surface area contributed by atoms with Crippen molar-refractivity contribution in [2.24, 2.45) is 0 Å². The van der Waals surface area contributed by atoms with Gasteiger partial charge in [-0.3, -0.25) is 9.59 Å². The maximum absolute atomic E-state index is 12.4. The summed E-state index contributed by atoms with van der Waals surface area (Å²) in [5.41, 5.74) is 2.87. The highest BCUT2D eigenvalue weighted by Gasteiger charge is 2.19. The van der Waals surface area contributed by atoms with Gasteiger partial charge in [-0.1, -0.05) is 12.1 Å². The second-order valence-electron chi connectivity index (χ2n) is 7.06. The number of methoxy groups -OCH3 is 1. The van der Waals surface area contributed by atoms with Gasteiger partial charge in [0.25, 0.3) is 5.91 Å². The Balaban J connectivity index is 1.39. The van der Waals surface area contributed by atoms with Crippen molar-refractivity contribution in [2.45, 2.75) is 19.3 Å². The van der Waals surface area contributed by atoms with Crippen LogP contribution in [0.2, 0.25) is 0 Å². The standard InChI is InChI=1S/C22H23N3O4/c1-28-17-7-4-15(5-8-17)13-20-24-18-9-6-16(14-19(18)29-20)22(27)23-10-12-25-11-2-3-21(25)26/h4-9,14H,2-3,10-13H2,1H3,(H,23,27). The number of hydrogen-bond acceptors (Lipinski definition) is 5. The molecule has 0 aliphatic carbocycles. The van der Waals surface area contributed by atoms with E-state index in [4.69, 9.17) is 9.15 Å². The molecule has 0 atom stereocenters. The third-order valence-corrected chi connectivity index (χ3v) is 5.05. The van der Waals surface area contributed by atoms with E-state index in [0.717, 1.165) is 24.3 Å². The highest BCUT2D eigenvalue weighted by atomic mass is 16.5. The number of carbonyl (C=O) groups excluding carboxylic acids is 2. The summed E-state index contributed by atoms with van der Waals surface area (Å²) in [6, 6.07) is 13.0. The molecule has 3 aromatic rings. The van der Waals surface area contributed by atoms with Gasteiger partial charge in [-0.15, -0.1) is 0 Å². The highest BCUT2D eigenvalue weighted by Crippen LogP contribution is 2.20. The predicted octanol–water partition coefficient (Wildman–Crippen LogP) is 2.78. The van der Waals surface area contributed by atoms with E-state index in [1.54, 1.807) is 30.2 Å². The first-order chi connectivity index (χ1) is 14.1. The molecule has 1 fully saturated rings. The zero-order chi connectivity index (χ0) is 20.2. The van der Waals surface area contributed by atoms with E-state index in [1.807, 2.05) is 24.3 Å². The molecule has 1 aromatic heterocycles. The molecule has 7 heteroatoms. The largest absolute Gasteiger partial charge is 0.497 e. The molecule has 150 valence electrons. The lowest BCUT2D eigenvalue weighted by Gasteiger charge is -2.15. The minimum absolute atomic E-state index is 0.159. The van der Waals surface area contributed by atoms with E-state index in [2.05, 4.69) is 10.3 Å². The lowest BCUT2D eigenvalue weighted by Crippen LogP contribution is -2.35. The fraction of sp³-hybridized carbons (Fsp3) is 0.318. The number of fused-ring (bicyclic) bond motifs is 1. The maximum Gasteiger partial charge on any atom is 0.251 e. The lowest BCUT2D eigenvalue weighted by atomic mass is 10.1. The number of oxazole rings is 1. The molecule has 2 amide bonds. The average Bonchev–Trinajstić information content (AvgIpc) is 3.33. The summed E-state index contributed by atoms with van der Waals surface area (Å²) in [5, 5.41) is 2.86. The minimum Gasteiger partial charge on any atom is -0.497 e. The first kappa shape index (κ1) is 19.0. The van der Waals surface area contributed by atoms with Gasteiger partial charge in [0.2, 0.25) is 5.91 Å². The Hall–Kier alpha value is -3.35. The van der Waals surface area contributed by atoms with Gasteiger partial charge < -0.3 is 19.4 Å². The number of amides is 2. The second kappa shape index (κ2) is 8.34. The number of ether oxygens (including phenoxy) is 1. The summed E-state index contributed by atoms with van der Waals surface area (Å²) in [6.45, 7) is 1.75. The van der Waals surface area contributed by atoms with E-state index in [1.165, 1.54) is 0 Å². The van der Waals surface area contributed by atoms with Crippen LogP contribution in [-0.4, -0.2) is 48.4 Å². The molecule has 1 saturated heterocycles. The van der Waals surface area contributed by atoms with Gasteiger partial charge in [-0.2, -0.15) is 0 Å². The molecular weight excluding hydrogens is 370 g/mol. The van der Waals surface area contributed by atoms with Crippen molar-refractivity contribution in [3.8, 4) is 5.75 Å². The van der Waals surface area contributed by atoms with Crippen molar-refractivity contribution in [3.05, 3.63) is 59.5 Å². The Bertz CT molecular complexity index is 1030. The Morgan fingerprint density at radius 1 is 1.24 bits per heavy atom. The summed E-state index contributed by atoms with van der Waals surface area (Å²) >= 11 is 0. The number of hydrogen-bond donors (Lipinski definition) is 1. The first-order valence-corrected chi connectivity index (χ1v) is 9.71. The minimum atomic E-state index is -0.188. The third kappa shape index (κ3) is 4.39. The van der Waals surface area contributed by atoms with Crippen molar-refractivity contribution >= 4 is 22.9 Å². The van der Waals surface area contributed by atoms with Gasteiger partial charge in [0, 0.05) is 38.0 Å². The van der Waals surface area contributed by atoms with Crippen LogP contribution in [0.5, 0.6) is 5.75 Å². The van der Waals surface area contributed by atoms with Crippen LogP contribution in [0.25, 0.3) is 11.1 Å². The summed E-state index contributed by atoms with van der Waals surface area (Å²) < 4.78 is 11.0. The summed E-state index contributed by atoms with van der Waals surface area (Å²) in [5.74, 6) is 1.37. The highest BCUT2D eigenvalue weighted by molar-refractivity contribution is 5.97. The van der Waals surface area contributed by atoms with E-state index in [9.17, 15) is 9.59 Å². The molecule has 0 radical (unpaired) electrons. The fourth-order valence-corrected chi connectivity index (χ4v) is 3.45. The average molecular weight is 393 g/mol. The number of aromatic nitrogens is 1. The number of carbonyl (C=O) groups is 2. The normalized spacial score (nSPS) is 13.8. The zero-order valence-electron chi connectivity index (χ0n) is 16.3. The monoisotopic (exact) mass is 393 g/mol. The molecule has 0 unspecified atom stereocenters. The van der Waals surface area contributed by atoms with Crippen LogP contribution in [0.1, 0.15) is 34.7 Å². The Morgan fingerprint density at radius 2 is 2.07 bits per heavy atom. The molecule has 2 heterocycles. The van der Waals surface area contributed by atoms with Crippen LogP contribution in [0.3, 0.4) is 0 Å². The van der Waals surface area contributed by atoms with Gasteiger partial charge in [-0.05, 0) is 42.3 Å². The van der Waals surface area contributed by atoms with Crippen molar-refractivity contribution in [3.63, 3.8) is 0 Å². The zero-order valence-corrected chi connectivity index (χ0v) is 16.3. The summed E-state index contributed by atoms with van der Waals surface area (Å²) in [4.78, 5) is 30.3. The van der Waals surface area contributed by atoms with Crippen LogP contribution in [0, 0.1) is 0 Å². The number of rotatable bonds is 7. The van der Waals surface area contributed by atoms with Gasteiger partial charge in [0.1, 0.15) is 11.3 Å². The molecule has 1 aliphatic rings. The van der Waals surface area contributed by atoms with Crippen LogP contribution < -0.4 is 10.1 Å². The van der Waals surface area contributed by atoms with Gasteiger partial charge in [-0.25, -0.2) is 4.98 Å². The van der Waals surface area contributed by atoms with Crippen molar-refractivity contribution < 1.29 is 18.7 Å². The van der Waals surface area contributed by atoms with E-state index in [-0.39, 0.29) is 11.8 Å². The molecule has 7 nitrogen and oxygen atoms in total. The molecule has 1 N–H and O–H groups in total. The van der Waals surface area contributed by atoms with E-state index in [0.29, 0.717) is 48.5 Å². The topological polar surface area (TPSA) is 84.7 Å². The smallest absolute Gasteiger partial charge is 0.251 e. The fourth-order valence-electron chi connectivity index (χ4n) is 3.45. The number of nitrogens with one attached hydrogen (secondary N) is 1. The Kier molecular flexibility index (Phi) is 5.46. The quantitative estimate of drug-likeness (QED) is 0.667. The Morgan fingerprint density at radius 3 is 2.79 bits per heavy atom. The van der Waals surface area contributed by atoms with E-state index >= 15 is 0 Å². The number of nitrogens with zero attached hydrogens (tertiary/aromatic N) is 2. The van der Waals surface area contributed by atoms with Crippen LogP contribution in [-0.2, 0) is 11.2 Å². The van der Waals surface area contributed by atoms with Crippen LogP contribution in [0.15, 0.2) is 46.9 Å². The third-order valence-electron chi connectivity index (χ3n) is 5.05. The van der Waals surface area contributed by atoms with Gasteiger partial charge in [0.05, 0.1) is 7.11 Å². The summed E-state index contributed by atoms with van der Waals surface area (Å²) in [7, 11) is 1.63. The van der Waals surface area contributed by atoms with Crippen molar-refractivity contribution in [2.75, 3.05) is 26.7 Å². The molecule has 0 saturated carbocycles. The molecule has 2 aromatic carbocycles. The van der Waals surface area contributed by atoms with Crippen molar-refractivity contribution in [1.82, 2.24) is 15.2 Å². The van der Waals surface area contributed by atoms with Crippen LogP contribution >= 0.6 is 0 Å². The second-order valence-corrected chi connectivity index (χ2v) is 7.06. The van der Waals surface area contributed by atoms with Gasteiger partial charge in [0.15, 0.2) is 11.5 Å². The molecule has 4 rings (SSSR count).